The third kappa shape index (κ3) is 5.54. The molecule has 0 heterocycles. The molecule has 5 heteroatoms. The van der Waals surface area contributed by atoms with Crippen LogP contribution in [0, 0.1) is 20.8 Å². The lowest BCUT2D eigenvalue weighted by Gasteiger charge is -2.22. The lowest BCUT2D eigenvalue weighted by Crippen LogP contribution is -2.32. The number of carbonyl (C=O) groups excluding carboxylic acids is 1. The van der Waals surface area contributed by atoms with E-state index in [4.69, 9.17) is 17.0 Å². The van der Waals surface area contributed by atoms with Crippen molar-refractivity contribution < 1.29 is 9.53 Å². The van der Waals surface area contributed by atoms with Crippen molar-refractivity contribution in [3.05, 3.63) is 64.2 Å². The maximum atomic E-state index is 11.8. The molecule has 1 atom stereocenters. The molecule has 4 nitrogen and oxygen atoms in total. The van der Waals surface area contributed by atoms with E-state index < -0.39 is 0 Å². The largest absolute Gasteiger partial charge is 0.462 e. The summed E-state index contributed by atoms with van der Waals surface area (Å²) in [6, 6.07) is 12.0. The molecule has 0 aliphatic rings. The summed E-state index contributed by atoms with van der Waals surface area (Å²) in [6.07, 6.45) is 0.923. The summed E-state index contributed by atoms with van der Waals surface area (Å²) in [5, 5.41) is 7.21. The topological polar surface area (TPSA) is 50.4 Å². The number of benzene rings is 2. The van der Waals surface area contributed by atoms with Gasteiger partial charge in [0, 0.05) is 5.69 Å². The molecule has 0 spiro atoms. The van der Waals surface area contributed by atoms with Gasteiger partial charge in [-0.05, 0) is 81.2 Å². The highest BCUT2D eigenvalue weighted by atomic mass is 32.1. The summed E-state index contributed by atoms with van der Waals surface area (Å²) in [6.45, 7) is 10.5. The number of thiocarbonyl (C=S) groups is 1. The summed E-state index contributed by atoms with van der Waals surface area (Å²) >= 11 is 5.52. The van der Waals surface area contributed by atoms with Crippen LogP contribution in [0.15, 0.2) is 36.4 Å². The van der Waals surface area contributed by atoms with Crippen LogP contribution in [-0.2, 0) is 4.74 Å². The first-order chi connectivity index (χ1) is 12.8. The van der Waals surface area contributed by atoms with E-state index in [1.807, 2.05) is 19.1 Å². The molecule has 144 valence electrons. The zero-order chi connectivity index (χ0) is 20.0. The molecule has 0 saturated heterocycles. The normalized spacial score (nSPS) is 11.6. The van der Waals surface area contributed by atoms with Crippen LogP contribution in [0.1, 0.15) is 58.9 Å². The van der Waals surface area contributed by atoms with Crippen molar-refractivity contribution in [3.63, 3.8) is 0 Å². The van der Waals surface area contributed by atoms with E-state index >= 15 is 0 Å². The third-order valence-electron chi connectivity index (χ3n) is 4.50. The van der Waals surface area contributed by atoms with E-state index in [0.717, 1.165) is 17.7 Å². The average molecular weight is 385 g/mol. The second-order valence-corrected chi connectivity index (χ2v) is 7.08. The Kier molecular flexibility index (Phi) is 7.36. The summed E-state index contributed by atoms with van der Waals surface area (Å²) in [5.41, 5.74) is 6.11. The fraction of sp³-hybridized carbons (Fsp3) is 0.364. The van der Waals surface area contributed by atoms with E-state index in [1.165, 1.54) is 16.7 Å². The van der Waals surface area contributed by atoms with Crippen molar-refractivity contribution in [2.24, 2.45) is 0 Å². The monoisotopic (exact) mass is 384 g/mol. The zero-order valence-corrected chi connectivity index (χ0v) is 17.5. The molecule has 27 heavy (non-hydrogen) atoms. The highest BCUT2D eigenvalue weighted by Gasteiger charge is 2.14. The number of ether oxygens (including phenoxy) is 1. The maximum Gasteiger partial charge on any atom is 0.338 e. The molecule has 0 amide bonds. The summed E-state index contributed by atoms with van der Waals surface area (Å²) < 4.78 is 5.04. The maximum absolute atomic E-state index is 11.8. The molecule has 2 rings (SSSR count). The van der Waals surface area contributed by atoms with Crippen LogP contribution >= 0.6 is 12.2 Å². The molecule has 2 aromatic rings. The summed E-state index contributed by atoms with van der Waals surface area (Å²) in [7, 11) is 0. The first kappa shape index (κ1) is 20.9. The van der Waals surface area contributed by atoms with E-state index in [1.54, 1.807) is 13.0 Å². The molecule has 0 saturated carbocycles. The Bertz CT molecular complexity index is 833. The summed E-state index contributed by atoms with van der Waals surface area (Å²) in [4.78, 5) is 11.8. The van der Waals surface area contributed by atoms with E-state index in [0.29, 0.717) is 17.3 Å². The van der Waals surface area contributed by atoms with Gasteiger partial charge in [-0.1, -0.05) is 30.7 Å². The number of hydrogen-bond donors (Lipinski definition) is 2. The van der Waals surface area contributed by atoms with Crippen molar-refractivity contribution >= 4 is 29.0 Å². The van der Waals surface area contributed by atoms with Gasteiger partial charge in [0.25, 0.3) is 0 Å². The molecule has 0 aromatic heterocycles. The van der Waals surface area contributed by atoms with Gasteiger partial charge in [0.2, 0.25) is 0 Å². The van der Waals surface area contributed by atoms with Crippen LogP contribution in [0.3, 0.4) is 0 Å². The summed E-state index contributed by atoms with van der Waals surface area (Å²) in [5.74, 6) is -0.311. The molecule has 0 aliphatic heterocycles. The van der Waals surface area contributed by atoms with Gasteiger partial charge in [-0.15, -0.1) is 0 Å². The molecule has 0 bridgehead atoms. The van der Waals surface area contributed by atoms with Gasteiger partial charge >= 0.3 is 5.97 Å². The van der Waals surface area contributed by atoms with E-state index in [-0.39, 0.29) is 12.0 Å². The molecule has 0 radical (unpaired) electrons. The first-order valence-electron chi connectivity index (χ1n) is 9.28. The third-order valence-corrected chi connectivity index (χ3v) is 4.72. The number of rotatable bonds is 6. The van der Waals surface area contributed by atoms with Gasteiger partial charge in [-0.2, -0.15) is 0 Å². The fourth-order valence-electron chi connectivity index (χ4n) is 3.08. The predicted octanol–water partition coefficient (Wildman–Crippen LogP) is 5.23. The van der Waals surface area contributed by atoms with Crippen molar-refractivity contribution in [2.75, 3.05) is 11.9 Å². The number of hydrogen-bond acceptors (Lipinski definition) is 3. The smallest absolute Gasteiger partial charge is 0.338 e. The van der Waals surface area contributed by atoms with Gasteiger partial charge in [-0.3, -0.25) is 0 Å². The van der Waals surface area contributed by atoms with Crippen LogP contribution in [-0.4, -0.2) is 17.7 Å². The molecule has 2 aromatic carbocycles. The van der Waals surface area contributed by atoms with Crippen LogP contribution < -0.4 is 10.6 Å². The quantitative estimate of drug-likeness (QED) is 0.528. The van der Waals surface area contributed by atoms with Crippen molar-refractivity contribution in [1.82, 2.24) is 5.32 Å². The zero-order valence-electron chi connectivity index (χ0n) is 16.7. The standard InChI is InChI=1S/C22H28N2O2S/c1-6-19(18-10-8-14(3)12-15(18)4)23-22(27)24-20-11-9-17(13-16(20)5)21(25)26-7-2/h8-13,19H,6-7H2,1-5H3,(H2,23,24,27)/t19-/m0/s1. The molecule has 2 N–H and O–H groups in total. The van der Waals surface area contributed by atoms with Crippen LogP contribution in [0.4, 0.5) is 5.69 Å². The lowest BCUT2D eigenvalue weighted by atomic mass is 9.98. The molecular weight excluding hydrogens is 356 g/mol. The van der Waals surface area contributed by atoms with Crippen LogP contribution in [0.2, 0.25) is 0 Å². The minimum atomic E-state index is -0.311. The van der Waals surface area contributed by atoms with Crippen molar-refractivity contribution in [1.29, 1.82) is 0 Å². The van der Waals surface area contributed by atoms with Gasteiger partial charge in [0.15, 0.2) is 5.11 Å². The Labute approximate surface area is 167 Å². The number of aryl methyl sites for hydroxylation is 3. The van der Waals surface area contributed by atoms with E-state index in [2.05, 4.69) is 49.6 Å². The molecule has 0 unspecified atom stereocenters. The SMILES string of the molecule is CCOC(=O)c1ccc(NC(=S)N[C@@H](CC)c2ccc(C)cc2C)c(C)c1. The van der Waals surface area contributed by atoms with Gasteiger partial charge in [0.05, 0.1) is 18.2 Å². The number of anilines is 1. The van der Waals surface area contributed by atoms with Gasteiger partial charge in [0.1, 0.15) is 0 Å². The minimum Gasteiger partial charge on any atom is -0.462 e. The fourth-order valence-corrected chi connectivity index (χ4v) is 3.33. The van der Waals surface area contributed by atoms with Crippen LogP contribution in [0.5, 0.6) is 0 Å². The van der Waals surface area contributed by atoms with Gasteiger partial charge in [-0.25, -0.2) is 4.79 Å². The highest BCUT2D eigenvalue weighted by molar-refractivity contribution is 7.80. The Morgan fingerprint density at radius 3 is 2.41 bits per heavy atom. The van der Waals surface area contributed by atoms with E-state index in [9.17, 15) is 4.79 Å². The predicted molar refractivity (Wildman–Crippen MR) is 115 cm³/mol. The average Bonchev–Trinajstić information content (AvgIpc) is 2.62. The van der Waals surface area contributed by atoms with Crippen molar-refractivity contribution in [2.45, 2.75) is 47.1 Å². The Morgan fingerprint density at radius 2 is 1.81 bits per heavy atom. The first-order valence-corrected chi connectivity index (χ1v) is 9.69. The van der Waals surface area contributed by atoms with Crippen molar-refractivity contribution in [3.8, 4) is 0 Å². The van der Waals surface area contributed by atoms with Crippen LogP contribution in [0.25, 0.3) is 0 Å². The number of nitrogens with one attached hydrogen (secondary N) is 2. The minimum absolute atomic E-state index is 0.143. The Hall–Kier alpha value is -2.40. The molecular formula is C22H28N2O2S. The second kappa shape index (κ2) is 9.51. The second-order valence-electron chi connectivity index (χ2n) is 6.67. The highest BCUT2D eigenvalue weighted by Crippen LogP contribution is 2.22. The van der Waals surface area contributed by atoms with Gasteiger partial charge < -0.3 is 15.4 Å². The number of carbonyl (C=O) groups is 1. The Balaban J connectivity index is 2.09. The number of esters is 1. The Morgan fingerprint density at radius 1 is 1.07 bits per heavy atom. The molecule has 0 fully saturated rings. The molecule has 0 aliphatic carbocycles. The lowest BCUT2D eigenvalue weighted by molar-refractivity contribution is 0.0526.